The second-order valence-electron chi connectivity index (χ2n) is 7.25. The van der Waals surface area contributed by atoms with Crippen molar-refractivity contribution < 1.29 is 28.7 Å². The van der Waals surface area contributed by atoms with Gasteiger partial charge in [0.2, 0.25) is 0 Å². The summed E-state index contributed by atoms with van der Waals surface area (Å²) in [5.41, 5.74) is 2.95. The fraction of sp³-hybridized carbons (Fsp3) is 0.160. The summed E-state index contributed by atoms with van der Waals surface area (Å²) >= 11 is 5.85. The number of halogens is 1. The maximum Gasteiger partial charge on any atom is 0.343 e. The highest BCUT2D eigenvalue weighted by Crippen LogP contribution is 2.29. The number of para-hydroxylation sites is 2. The molecule has 0 aliphatic heterocycles. The van der Waals surface area contributed by atoms with Crippen LogP contribution in [0.2, 0.25) is 5.02 Å². The number of benzene rings is 3. The van der Waals surface area contributed by atoms with Crippen LogP contribution in [-0.4, -0.2) is 35.7 Å². The van der Waals surface area contributed by atoms with Crippen molar-refractivity contribution in [3.63, 3.8) is 0 Å². The molecular weight excluding hydrogens is 490 g/mol. The molecule has 0 saturated carbocycles. The molecule has 1 amide bonds. The SMILES string of the molecule is CCOc1cc(/C=N\NC(=O)[C@H](C)Oc2ccccc2[N+](=O)[O-])ccc1OC(=O)c1ccc(Cl)cc1. The van der Waals surface area contributed by atoms with Gasteiger partial charge in [-0.1, -0.05) is 23.7 Å². The standard InChI is InChI=1S/C25H22ClN3O7/c1-3-34-23-14-17(8-13-22(23)36-25(31)18-9-11-19(26)12-10-18)15-27-28-24(30)16(2)35-21-7-5-4-6-20(21)29(32)33/h4-16H,3H2,1-2H3,(H,28,30)/b27-15-/t16-/m0/s1. The van der Waals surface area contributed by atoms with E-state index in [9.17, 15) is 19.7 Å². The molecule has 0 aliphatic rings. The molecule has 1 N–H and O–H groups in total. The van der Waals surface area contributed by atoms with Crippen molar-refractivity contribution in [2.45, 2.75) is 20.0 Å². The zero-order valence-electron chi connectivity index (χ0n) is 19.3. The fourth-order valence-electron chi connectivity index (χ4n) is 2.92. The van der Waals surface area contributed by atoms with Gasteiger partial charge in [0.25, 0.3) is 5.91 Å². The number of hydrogen-bond donors (Lipinski definition) is 1. The lowest BCUT2D eigenvalue weighted by molar-refractivity contribution is -0.386. The molecule has 0 spiro atoms. The Labute approximate surface area is 211 Å². The molecular formula is C25H22ClN3O7. The number of ether oxygens (including phenoxy) is 3. The molecule has 0 heterocycles. The first kappa shape index (κ1) is 26.2. The van der Waals surface area contributed by atoms with E-state index in [1.54, 1.807) is 55.5 Å². The van der Waals surface area contributed by atoms with Crippen LogP contribution in [-0.2, 0) is 4.79 Å². The summed E-state index contributed by atoms with van der Waals surface area (Å²) in [6.07, 6.45) is 0.319. The molecule has 3 rings (SSSR count). The second-order valence-corrected chi connectivity index (χ2v) is 7.69. The van der Waals surface area contributed by atoms with Crippen molar-refractivity contribution in [3.8, 4) is 17.2 Å². The molecule has 3 aromatic carbocycles. The average Bonchev–Trinajstić information content (AvgIpc) is 2.86. The number of carbonyl (C=O) groups is 2. The zero-order valence-corrected chi connectivity index (χ0v) is 20.1. The van der Waals surface area contributed by atoms with Gasteiger partial charge in [-0.3, -0.25) is 14.9 Å². The minimum absolute atomic E-state index is 0.0285. The number of carbonyl (C=O) groups excluding carboxylic acids is 2. The van der Waals surface area contributed by atoms with E-state index in [1.165, 1.54) is 31.3 Å². The van der Waals surface area contributed by atoms with E-state index in [0.29, 0.717) is 28.5 Å². The Balaban J connectivity index is 1.64. The molecule has 1 atom stereocenters. The van der Waals surface area contributed by atoms with Crippen LogP contribution < -0.4 is 19.6 Å². The molecule has 0 aromatic heterocycles. The first-order valence-electron chi connectivity index (χ1n) is 10.8. The number of amides is 1. The van der Waals surface area contributed by atoms with Gasteiger partial charge < -0.3 is 14.2 Å². The van der Waals surface area contributed by atoms with Gasteiger partial charge in [0.1, 0.15) is 0 Å². The molecule has 10 nitrogen and oxygen atoms in total. The van der Waals surface area contributed by atoms with E-state index in [-0.39, 0.29) is 17.2 Å². The van der Waals surface area contributed by atoms with Gasteiger partial charge in [0.15, 0.2) is 23.4 Å². The predicted molar refractivity (Wildman–Crippen MR) is 133 cm³/mol. The van der Waals surface area contributed by atoms with Gasteiger partial charge in [-0.15, -0.1) is 0 Å². The molecule has 0 aliphatic carbocycles. The summed E-state index contributed by atoms with van der Waals surface area (Å²) in [5, 5.41) is 15.5. The third kappa shape index (κ3) is 7.03. The maximum atomic E-state index is 12.4. The average molecular weight is 512 g/mol. The van der Waals surface area contributed by atoms with Gasteiger partial charge in [0.05, 0.1) is 23.3 Å². The number of rotatable bonds is 10. The maximum absolute atomic E-state index is 12.4. The summed E-state index contributed by atoms with van der Waals surface area (Å²) in [4.78, 5) is 35.2. The van der Waals surface area contributed by atoms with Crippen molar-refractivity contribution in [2.24, 2.45) is 5.10 Å². The van der Waals surface area contributed by atoms with Gasteiger partial charge in [-0.05, 0) is 67.9 Å². The van der Waals surface area contributed by atoms with Crippen LogP contribution in [0, 0.1) is 10.1 Å². The van der Waals surface area contributed by atoms with Gasteiger partial charge >= 0.3 is 11.7 Å². The Hall–Kier alpha value is -4.44. The number of nitrogens with one attached hydrogen (secondary N) is 1. The summed E-state index contributed by atoms with van der Waals surface area (Å²) in [5.74, 6) is -0.691. The minimum Gasteiger partial charge on any atom is -0.490 e. The Morgan fingerprint density at radius 3 is 2.50 bits per heavy atom. The van der Waals surface area contributed by atoms with Crippen molar-refractivity contribution in [1.82, 2.24) is 5.43 Å². The minimum atomic E-state index is -1.04. The van der Waals surface area contributed by atoms with E-state index in [2.05, 4.69) is 10.5 Å². The molecule has 186 valence electrons. The van der Waals surface area contributed by atoms with E-state index < -0.39 is 22.9 Å². The summed E-state index contributed by atoms with van der Waals surface area (Å²) in [6.45, 7) is 3.55. The highest BCUT2D eigenvalue weighted by molar-refractivity contribution is 6.30. The van der Waals surface area contributed by atoms with Crippen LogP contribution in [0.4, 0.5) is 5.69 Å². The molecule has 3 aromatic rings. The summed E-state index contributed by atoms with van der Waals surface area (Å²) in [6, 6.07) is 16.8. The lowest BCUT2D eigenvalue weighted by Gasteiger charge is -2.13. The number of nitro groups is 1. The number of esters is 1. The zero-order chi connectivity index (χ0) is 26.1. The topological polar surface area (TPSA) is 129 Å². The monoisotopic (exact) mass is 511 g/mol. The lowest BCUT2D eigenvalue weighted by atomic mass is 10.2. The quantitative estimate of drug-likeness (QED) is 0.136. The number of hydrogen-bond acceptors (Lipinski definition) is 8. The predicted octanol–water partition coefficient (Wildman–Crippen LogP) is 4.78. The van der Waals surface area contributed by atoms with Crippen molar-refractivity contribution in [2.75, 3.05) is 6.61 Å². The number of nitrogens with zero attached hydrogens (tertiary/aromatic N) is 2. The van der Waals surface area contributed by atoms with Crippen molar-refractivity contribution in [1.29, 1.82) is 0 Å². The Kier molecular flexibility index (Phi) is 8.95. The fourth-order valence-corrected chi connectivity index (χ4v) is 3.04. The Morgan fingerprint density at radius 2 is 1.81 bits per heavy atom. The highest BCUT2D eigenvalue weighted by Gasteiger charge is 2.20. The normalized spacial score (nSPS) is 11.5. The van der Waals surface area contributed by atoms with Crippen molar-refractivity contribution >= 4 is 35.4 Å². The van der Waals surface area contributed by atoms with Crippen LogP contribution in [0.5, 0.6) is 17.2 Å². The molecule has 0 radical (unpaired) electrons. The Morgan fingerprint density at radius 1 is 1.08 bits per heavy atom. The Bertz CT molecular complexity index is 1280. The van der Waals surface area contributed by atoms with Crippen LogP contribution in [0.3, 0.4) is 0 Å². The summed E-state index contributed by atoms with van der Waals surface area (Å²) < 4.78 is 16.4. The highest BCUT2D eigenvalue weighted by atomic mass is 35.5. The van der Waals surface area contributed by atoms with Crippen molar-refractivity contribution in [3.05, 3.63) is 93.0 Å². The summed E-state index contributed by atoms with van der Waals surface area (Å²) in [7, 11) is 0. The van der Waals surface area contributed by atoms with Crippen LogP contribution >= 0.6 is 11.6 Å². The van der Waals surface area contributed by atoms with Gasteiger partial charge in [-0.25, -0.2) is 10.2 Å². The number of nitro benzene ring substituents is 1. The first-order chi connectivity index (χ1) is 17.3. The second kappa shape index (κ2) is 12.3. The lowest BCUT2D eigenvalue weighted by Crippen LogP contribution is -2.33. The number of hydrazone groups is 1. The van der Waals surface area contributed by atoms with E-state index in [4.69, 9.17) is 25.8 Å². The smallest absolute Gasteiger partial charge is 0.343 e. The van der Waals surface area contributed by atoms with Crippen LogP contribution in [0.1, 0.15) is 29.8 Å². The van der Waals surface area contributed by atoms with E-state index in [0.717, 1.165) is 0 Å². The molecule has 11 heteroatoms. The third-order valence-electron chi connectivity index (χ3n) is 4.67. The molecule has 0 bridgehead atoms. The molecule has 36 heavy (non-hydrogen) atoms. The van der Waals surface area contributed by atoms with Gasteiger partial charge in [-0.2, -0.15) is 5.10 Å². The van der Waals surface area contributed by atoms with Crippen LogP contribution in [0.25, 0.3) is 0 Å². The molecule has 0 fully saturated rings. The van der Waals surface area contributed by atoms with E-state index in [1.807, 2.05) is 0 Å². The van der Waals surface area contributed by atoms with Crippen LogP contribution in [0.15, 0.2) is 71.8 Å². The molecule has 0 unspecified atom stereocenters. The third-order valence-corrected chi connectivity index (χ3v) is 4.93. The molecule has 0 saturated heterocycles. The van der Waals surface area contributed by atoms with Gasteiger partial charge in [0, 0.05) is 11.1 Å². The first-order valence-corrected chi connectivity index (χ1v) is 11.1. The largest absolute Gasteiger partial charge is 0.490 e. The van der Waals surface area contributed by atoms with E-state index >= 15 is 0 Å².